The second-order valence-corrected chi connectivity index (χ2v) is 9.38. The number of hydrogen-bond acceptors (Lipinski definition) is 2. The quantitative estimate of drug-likeness (QED) is 0.572. The van der Waals surface area contributed by atoms with Crippen LogP contribution in [0, 0.1) is 0 Å². The maximum Gasteiger partial charge on any atom is 0.200 e. The van der Waals surface area contributed by atoms with Gasteiger partial charge in [0, 0.05) is 11.0 Å². The van der Waals surface area contributed by atoms with E-state index in [1.54, 1.807) is 24.3 Å². The van der Waals surface area contributed by atoms with E-state index in [9.17, 15) is 8.42 Å². The van der Waals surface area contributed by atoms with Crippen molar-refractivity contribution in [2.45, 2.75) is 31.1 Å². The van der Waals surface area contributed by atoms with Crippen LogP contribution in [-0.2, 0) is 15.3 Å². The Kier molecular flexibility index (Phi) is 5.33. The highest BCUT2D eigenvalue weighted by Gasteiger charge is 2.17. The summed E-state index contributed by atoms with van der Waals surface area (Å²) in [6.45, 7) is 6.49. The van der Waals surface area contributed by atoms with Gasteiger partial charge >= 0.3 is 0 Å². The third-order valence-corrected chi connectivity index (χ3v) is 5.97. The van der Waals surface area contributed by atoms with Crippen LogP contribution in [0.5, 0.6) is 0 Å². The van der Waals surface area contributed by atoms with E-state index in [1.807, 2.05) is 48.5 Å². The summed E-state index contributed by atoms with van der Waals surface area (Å²) in [5.41, 5.74) is 3.71. The maximum atomic E-state index is 12.9. The van der Waals surface area contributed by atoms with E-state index in [0.29, 0.717) is 10.5 Å². The predicted molar refractivity (Wildman–Crippen MR) is 112 cm³/mol. The number of hydrogen-bond donors (Lipinski definition) is 0. The van der Waals surface area contributed by atoms with Crippen molar-refractivity contribution in [2.75, 3.05) is 0 Å². The summed E-state index contributed by atoms with van der Waals surface area (Å²) in [4.78, 5) is 0.296. The summed E-state index contributed by atoms with van der Waals surface area (Å²) in [5.74, 6) is 0. The van der Waals surface area contributed by atoms with Crippen molar-refractivity contribution in [3.8, 4) is 0 Å². The standard InChI is InChI=1S/C24H24O2S/c1-24(2,3)21-16-14-20(15-17-21)23(19-10-6-4-7-11-19)18-27(25,26)22-12-8-5-9-13-22/h4-18H,1-3H3/b23-18+. The van der Waals surface area contributed by atoms with Gasteiger partial charge in [-0.2, -0.15) is 0 Å². The summed E-state index contributed by atoms with van der Waals surface area (Å²) < 4.78 is 25.9. The first-order valence-electron chi connectivity index (χ1n) is 8.95. The largest absolute Gasteiger partial charge is 0.219 e. The molecule has 0 spiro atoms. The van der Waals surface area contributed by atoms with Crippen LogP contribution >= 0.6 is 0 Å². The molecule has 2 nitrogen and oxygen atoms in total. The van der Waals surface area contributed by atoms with Crippen LogP contribution in [0.2, 0.25) is 0 Å². The molecule has 138 valence electrons. The zero-order valence-electron chi connectivity index (χ0n) is 15.9. The Morgan fingerprint density at radius 2 is 1.19 bits per heavy atom. The highest BCUT2D eigenvalue weighted by molar-refractivity contribution is 7.94. The lowest BCUT2D eigenvalue weighted by Crippen LogP contribution is -2.10. The Bertz CT molecular complexity index is 1030. The van der Waals surface area contributed by atoms with Crippen molar-refractivity contribution < 1.29 is 8.42 Å². The molecule has 0 aliphatic carbocycles. The smallest absolute Gasteiger partial charge is 0.200 e. The Morgan fingerprint density at radius 1 is 0.704 bits per heavy atom. The van der Waals surface area contributed by atoms with Gasteiger partial charge in [0.25, 0.3) is 0 Å². The molecule has 0 aliphatic rings. The van der Waals surface area contributed by atoms with Crippen LogP contribution in [0.15, 0.2) is 95.2 Å². The molecule has 3 aromatic rings. The number of benzene rings is 3. The summed E-state index contributed by atoms with van der Waals surface area (Å²) >= 11 is 0. The van der Waals surface area contributed by atoms with E-state index in [0.717, 1.165) is 11.1 Å². The highest BCUT2D eigenvalue weighted by atomic mass is 32.2. The van der Waals surface area contributed by atoms with Crippen molar-refractivity contribution in [1.29, 1.82) is 0 Å². The van der Waals surface area contributed by atoms with Crippen molar-refractivity contribution in [3.63, 3.8) is 0 Å². The zero-order chi connectivity index (χ0) is 19.5. The maximum absolute atomic E-state index is 12.9. The average Bonchev–Trinajstić information content (AvgIpc) is 2.67. The number of rotatable bonds is 4. The molecule has 3 aromatic carbocycles. The van der Waals surface area contributed by atoms with Crippen LogP contribution in [0.3, 0.4) is 0 Å². The SMILES string of the molecule is CC(C)(C)c1ccc(/C(=C/S(=O)(=O)c2ccccc2)c2ccccc2)cc1. The lowest BCUT2D eigenvalue weighted by atomic mass is 9.86. The lowest BCUT2D eigenvalue weighted by Gasteiger charge is -2.19. The van der Waals surface area contributed by atoms with Crippen LogP contribution in [0.1, 0.15) is 37.5 Å². The molecule has 3 heteroatoms. The van der Waals surface area contributed by atoms with Gasteiger partial charge in [0.05, 0.1) is 4.90 Å². The Labute approximate surface area is 162 Å². The first-order valence-corrected chi connectivity index (χ1v) is 10.5. The van der Waals surface area contributed by atoms with Gasteiger partial charge in [-0.05, 0) is 34.2 Å². The third-order valence-electron chi connectivity index (χ3n) is 4.49. The molecule has 0 radical (unpaired) electrons. The van der Waals surface area contributed by atoms with Crippen molar-refractivity contribution in [3.05, 3.63) is 107 Å². The highest BCUT2D eigenvalue weighted by Crippen LogP contribution is 2.29. The topological polar surface area (TPSA) is 34.1 Å². The van der Waals surface area contributed by atoms with Gasteiger partial charge in [-0.3, -0.25) is 0 Å². The monoisotopic (exact) mass is 376 g/mol. The molecule has 0 aromatic heterocycles. The molecular weight excluding hydrogens is 352 g/mol. The molecule has 0 bridgehead atoms. The fourth-order valence-corrected chi connectivity index (χ4v) is 4.16. The van der Waals surface area contributed by atoms with E-state index in [2.05, 4.69) is 32.9 Å². The second-order valence-electron chi connectivity index (χ2n) is 7.58. The van der Waals surface area contributed by atoms with E-state index in [4.69, 9.17) is 0 Å². The molecule has 0 heterocycles. The van der Waals surface area contributed by atoms with Gasteiger partial charge in [-0.1, -0.05) is 93.6 Å². The predicted octanol–water partition coefficient (Wildman–Crippen LogP) is 5.85. The summed E-state index contributed by atoms with van der Waals surface area (Å²) in [7, 11) is -3.56. The minimum absolute atomic E-state index is 0.0469. The third kappa shape index (κ3) is 4.55. The first-order chi connectivity index (χ1) is 12.8. The van der Waals surface area contributed by atoms with E-state index >= 15 is 0 Å². The van der Waals surface area contributed by atoms with E-state index < -0.39 is 9.84 Å². The lowest BCUT2D eigenvalue weighted by molar-refractivity contribution is 0.590. The Balaban J connectivity index is 2.13. The Morgan fingerprint density at radius 3 is 1.70 bits per heavy atom. The van der Waals surface area contributed by atoms with Gasteiger partial charge in [0.2, 0.25) is 0 Å². The van der Waals surface area contributed by atoms with Crippen molar-refractivity contribution >= 4 is 15.4 Å². The van der Waals surface area contributed by atoms with E-state index in [1.165, 1.54) is 11.0 Å². The zero-order valence-corrected chi connectivity index (χ0v) is 16.7. The summed E-state index contributed by atoms with van der Waals surface area (Å²) in [6, 6.07) is 26.3. The second kappa shape index (κ2) is 7.53. The number of sulfone groups is 1. The first kappa shape index (κ1) is 19.1. The molecule has 0 atom stereocenters. The van der Waals surface area contributed by atoms with Gasteiger partial charge in [0.1, 0.15) is 0 Å². The fourth-order valence-electron chi connectivity index (χ4n) is 2.90. The van der Waals surface area contributed by atoms with Crippen LogP contribution < -0.4 is 0 Å². The van der Waals surface area contributed by atoms with Crippen LogP contribution in [-0.4, -0.2) is 8.42 Å². The normalized spacial score (nSPS) is 12.8. The van der Waals surface area contributed by atoms with Crippen molar-refractivity contribution in [1.82, 2.24) is 0 Å². The fraction of sp³-hybridized carbons (Fsp3) is 0.167. The molecular formula is C24H24O2S. The molecule has 0 amide bonds. The molecule has 0 fully saturated rings. The minimum atomic E-state index is -3.56. The van der Waals surface area contributed by atoms with Gasteiger partial charge in [-0.15, -0.1) is 0 Å². The van der Waals surface area contributed by atoms with Crippen molar-refractivity contribution in [2.24, 2.45) is 0 Å². The average molecular weight is 377 g/mol. The van der Waals surface area contributed by atoms with E-state index in [-0.39, 0.29) is 5.41 Å². The molecule has 0 aliphatic heterocycles. The molecule has 0 saturated carbocycles. The van der Waals surface area contributed by atoms with Gasteiger partial charge < -0.3 is 0 Å². The molecule has 0 N–H and O–H groups in total. The molecule has 27 heavy (non-hydrogen) atoms. The summed E-state index contributed by atoms with van der Waals surface area (Å²) in [6.07, 6.45) is 0. The molecule has 3 rings (SSSR count). The van der Waals surface area contributed by atoms with Crippen LogP contribution in [0.4, 0.5) is 0 Å². The summed E-state index contributed by atoms with van der Waals surface area (Å²) in [5, 5.41) is 1.38. The molecule has 0 unspecified atom stereocenters. The van der Waals surface area contributed by atoms with Gasteiger partial charge in [0.15, 0.2) is 9.84 Å². The van der Waals surface area contributed by atoms with Crippen LogP contribution in [0.25, 0.3) is 5.57 Å². The van der Waals surface area contributed by atoms with Gasteiger partial charge in [-0.25, -0.2) is 8.42 Å². The minimum Gasteiger partial charge on any atom is -0.219 e. The Hall–Kier alpha value is -2.65. The molecule has 0 saturated heterocycles.